The molecule has 21 heavy (non-hydrogen) atoms. The Kier molecular flexibility index (Phi) is 4.83. The van der Waals surface area contributed by atoms with Crippen molar-refractivity contribution in [2.45, 2.75) is 45.1 Å². The van der Waals surface area contributed by atoms with Crippen molar-refractivity contribution in [2.24, 2.45) is 5.92 Å². The molecule has 4 N–H and O–H groups in total. The first-order valence-corrected chi connectivity index (χ1v) is 7.39. The molecule has 0 radical (unpaired) electrons. The van der Waals surface area contributed by atoms with Crippen LogP contribution in [-0.4, -0.2) is 23.0 Å². The van der Waals surface area contributed by atoms with Crippen LogP contribution in [0.1, 0.15) is 48.0 Å². The van der Waals surface area contributed by atoms with Crippen molar-refractivity contribution in [3.8, 4) is 0 Å². The summed E-state index contributed by atoms with van der Waals surface area (Å²) in [5.41, 5.74) is 7.63. The molecule has 0 aliphatic heterocycles. The van der Waals surface area contributed by atoms with Crippen molar-refractivity contribution in [1.29, 1.82) is 0 Å². The number of hydrogen-bond acceptors (Lipinski definition) is 3. The lowest BCUT2D eigenvalue weighted by molar-refractivity contribution is -0.142. The SMILES string of the molecule is Cc1ccc(N)c(C(=O)NC2CCCCCC2C(=O)O)c1. The van der Waals surface area contributed by atoms with Crippen LogP contribution in [-0.2, 0) is 4.79 Å². The minimum atomic E-state index is -0.834. The average Bonchev–Trinajstić information content (AvgIpc) is 2.67. The fourth-order valence-electron chi connectivity index (χ4n) is 2.89. The summed E-state index contributed by atoms with van der Waals surface area (Å²) in [6.07, 6.45) is 4.18. The molecule has 1 aliphatic carbocycles. The van der Waals surface area contributed by atoms with E-state index < -0.39 is 11.9 Å². The second-order valence-corrected chi connectivity index (χ2v) is 5.75. The summed E-state index contributed by atoms with van der Waals surface area (Å²) < 4.78 is 0. The Labute approximate surface area is 124 Å². The monoisotopic (exact) mass is 290 g/mol. The van der Waals surface area contributed by atoms with Gasteiger partial charge in [0, 0.05) is 11.7 Å². The molecule has 0 heterocycles. The fourth-order valence-corrected chi connectivity index (χ4v) is 2.89. The smallest absolute Gasteiger partial charge is 0.308 e. The van der Waals surface area contributed by atoms with Crippen LogP contribution < -0.4 is 11.1 Å². The molecule has 1 saturated carbocycles. The molecular formula is C16H22N2O3. The quantitative estimate of drug-likeness (QED) is 0.588. The number of carbonyl (C=O) groups excluding carboxylic acids is 1. The lowest BCUT2D eigenvalue weighted by Gasteiger charge is -2.23. The maximum Gasteiger partial charge on any atom is 0.308 e. The molecule has 0 spiro atoms. The van der Waals surface area contributed by atoms with Gasteiger partial charge < -0.3 is 16.2 Å². The van der Waals surface area contributed by atoms with E-state index in [1.165, 1.54) is 0 Å². The molecule has 1 aromatic carbocycles. The van der Waals surface area contributed by atoms with E-state index in [0.717, 1.165) is 24.8 Å². The highest BCUT2D eigenvalue weighted by molar-refractivity contribution is 5.99. The Bertz CT molecular complexity index is 542. The predicted molar refractivity (Wildman–Crippen MR) is 81.1 cm³/mol. The number of aliphatic carboxylic acids is 1. The number of amides is 1. The predicted octanol–water partition coefficient (Wildman–Crippen LogP) is 2.34. The highest BCUT2D eigenvalue weighted by atomic mass is 16.4. The second-order valence-electron chi connectivity index (χ2n) is 5.75. The number of hydrogen-bond donors (Lipinski definition) is 3. The van der Waals surface area contributed by atoms with Crippen LogP contribution in [0.15, 0.2) is 18.2 Å². The van der Waals surface area contributed by atoms with E-state index in [0.29, 0.717) is 24.1 Å². The van der Waals surface area contributed by atoms with Gasteiger partial charge in [0.25, 0.3) is 5.91 Å². The summed E-state index contributed by atoms with van der Waals surface area (Å²) in [4.78, 5) is 23.8. The molecule has 0 bridgehead atoms. The van der Waals surface area contributed by atoms with E-state index >= 15 is 0 Å². The lowest BCUT2D eigenvalue weighted by atomic mass is 9.94. The topological polar surface area (TPSA) is 92.4 Å². The number of carbonyl (C=O) groups is 2. The van der Waals surface area contributed by atoms with Crippen LogP contribution in [0.2, 0.25) is 0 Å². The van der Waals surface area contributed by atoms with Crippen LogP contribution in [0.5, 0.6) is 0 Å². The lowest BCUT2D eigenvalue weighted by Crippen LogP contribution is -2.43. The number of nitrogens with two attached hydrogens (primary N) is 1. The molecule has 5 nitrogen and oxygen atoms in total. The number of nitrogen functional groups attached to an aromatic ring is 1. The standard InChI is InChI=1S/C16H22N2O3/c1-10-7-8-13(17)12(9-10)15(19)18-14-6-4-2-3-5-11(14)16(20)21/h7-9,11,14H,2-6,17H2,1H3,(H,18,19)(H,20,21). The normalized spacial score (nSPS) is 22.3. The maximum atomic E-state index is 12.4. The van der Waals surface area contributed by atoms with E-state index in [-0.39, 0.29) is 11.9 Å². The third kappa shape index (κ3) is 3.74. The first-order chi connectivity index (χ1) is 9.99. The second kappa shape index (κ2) is 6.61. The van der Waals surface area contributed by atoms with Crippen LogP contribution in [0.3, 0.4) is 0 Å². The Balaban J connectivity index is 2.16. The zero-order valence-corrected chi connectivity index (χ0v) is 12.3. The summed E-state index contributed by atoms with van der Waals surface area (Å²) in [7, 11) is 0. The summed E-state index contributed by atoms with van der Waals surface area (Å²) in [6, 6.07) is 4.96. The van der Waals surface area contributed by atoms with Crippen molar-refractivity contribution in [3.05, 3.63) is 29.3 Å². The fraction of sp³-hybridized carbons (Fsp3) is 0.500. The highest BCUT2D eigenvalue weighted by Crippen LogP contribution is 2.24. The van der Waals surface area contributed by atoms with Crippen LogP contribution in [0.25, 0.3) is 0 Å². The maximum absolute atomic E-state index is 12.4. The zero-order chi connectivity index (χ0) is 15.4. The summed E-state index contributed by atoms with van der Waals surface area (Å²) in [5, 5.41) is 12.2. The first kappa shape index (κ1) is 15.4. The highest BCUT2D eigenvalue weighted by Gasteiger charge is 2.31. The number of carboxylic acids is 1. The van der Waals surface area contributed by atoms with E-state index in [4.69, 9.17) is 5.73 Å². The Hall–Kier alpha value is -2.04. The van der Waals surface area contributed by atoms with Gasteiger partial charge in [-0.05, 0) is 31.9 Å². The average molecular weight is 290 g/mol. The van der Waals surface area contributed by atoms with Crippen LogP contribution >= 0.6 is 0 Å². The minimum Gasteiger partial charge on any atom is -0.481 e. The largest absolute Gasteiger partial charge is 0.481 e. The molecular weight excluding hydrogens is 268 g/mol. The Morgan fingerprint density at radius 3 is 2.67 bits per heavy atom. The van der Waals surface area contributed by atoms with Gasteiger partial charge in [-0.3, -0.25) is 9.59 Å². The number of anilines is 1. The van der Waals surface area contributed by atoms with E-state index in [9.17, 15) is 14.7 Å². The molecule has 2 atom stereocenters. The van der Waals surface area contributed by atoms with Gasteiger partial charge in [-0.1, -0.05) is 30.9 Å². The third-order valence-electron chi connectivity index (χ3n) is 4.10. The number of aryl methyl sites for hydroxylation is 1. The van der Waals surface area contributed by atoms with Gasteiger partial charge in [-0.25, -0.2) is 0 Å². The van der Waals surface area contributed by atoms with Crippen molar-refractivity contribution in [3.63, 3.8) is 0 Å². The van der Waals surface area contributed by atoms with Gasteiger partial charge in [0.1, 0.15) is 0 Å². The molecule has 2 rings (SSSR count). The van der Waals surface area contributed by atoms with Gasteiger partial charge in [-0.2, -0.15) is 0 Å². The molecule has 1 fully saturated rings. The first-order valence-electron chi connectivity index (χ1n) is 7.39. The van der Waals surface area contributed by atoms with Crippen LogP contribution in [0, 0.1) is 12.8 Å². The Morgan fingerprint density at radius 1 is 1.24 bits per heavy atom. The molecule has 2 unspecified atom stereocenters. The molecule has 114 valence electrons. The van der Waals surface area contributed by atoms with E-state index in [1.807, 2.05) is 13.0 Å². The molecule has 1 amide bonds. The zero-order valence-electron chi connectivity index (χ0n) is 12.3. The van der Waals surface area contributed by atoms with Crippen molar-refractivity contribution >= 4 is 17.6 Å². The molecule has 1 aromatic rings. The number of carboxylic acid groups (broad SMARTS) is 1. The van der Waals surface area contributed by atoms with Crippen molar-refractivity contribution < 1.29 is 14.7 Å². The number of rotatable bonds is 3. The summed E-state index contributed by atoms with van der Waals surface area (Å²) in [6.45, 7) is 1.89. The molecule has 5 heteroatoms. The van der Waals surface area contributed by atoms with Gasteiger partial charge in [-0.15, -0.1) is 0 Å². The Morgan fingerprint density at radius 2 is 1.95 bits per heavy atom. The number of nitrogens with one attached hydrogen (secondary N) is 1. The van der Waals surface area contributed by atoms with Crippen LogP contribution in [0.4, 0.5) is 5.69 Å². The van der Waals surface area contributed by atoms with E-state index in [1.54, 1.807) is 12.1 Å². The van der Waals surface area contributed by atoms with Crippen molar-refractivity contribution in [1.82, 2.24) is 5.32 Å². The third-order valence-corrected chi connectivity index (χ3v) is 4.10. The van der Waals surface area contributed by atoms with Gasteiger partial charge in [0.15, 0.2) is 0 Å². The van der Waals surface area contributed by atoms with Gasteiger partial charge >= 0.3 is 5.97 Å². The number of benzene rings is 1. The van der Waals surface area contributed by atoms with E-state index in [2.05, 4.69) is 5.32 Å². The molecule has 0 aromatic heterocycles. The summed E-state index contributed by atoms with van der Waals surface area (Å²) >= 11 is 0. The molecule has 1 aliphatic rings. The van der Waals surface area contributed by atoms with Gasteiger partial charge in [0.2, 0.25) is 0 Å². The van der Waals surface area contributed by atoms with Crippen molar-refractivity contribution in [2.75, 3.05) is 5.73 Å². The van der Waals surface area contributed by atoms with Gasteiger partial charge in [0.05, 0.1) is 11.5 Å². The molecule has 0 saturated heterocycles. The minimum absolute atomic E-state index is 0.283. The summed E-state index contributed by atoms with van der Waals surface area (Å²) in [5.74, 6) is -1.63.